The Morgan fingerprint density at radius 3 is 2.83 bits per heavy atom. The zero-order valence-electron chi connectivity index (χ0n) is 11.3. The van der Waals surface area contributed by atoms with Crippen LogP contribution in [0.2, 0.25) is 0 Å². The smallest absolute Gasteiger partial charge is 0.125 e. The van der Waals surface area contributed by atoms with Crippen LogP contribution in [0.3, 0.4) is 0 Å². The van der Waals surface area contributed by atoms with Gasteiger partial charge in [-0.25, -0.2) is 4.39 Å². The van der Waals surface area contributed by atoms with Crippen LogP contribution in [0.15, 0.2) is 18.2 Å². The van der Waals surface area contributed by atoms with Crippen LogP contribution in [0.1, 0.15) is 25.8 Å². The Morgan fingerprint density at radius 1 is 1.39 bits per heavy atom. The number of hydrogen-bond acceptors (Lipinski definition) is 2. The molecule has 100 valence electrons. The van der Waals surface area contributed by atoms with Crippen LogP contribution in [0.25, 0.3) is 0 Å². The number of anilines is 1. The first-order chi connectivity index (χ1) is 8.60. The number of nitrogens with zero attached hydrogens (tertiary/aromatic N) is 1. The number of benzene rings is 1. The molecule has 0 radical (unpaired) electrons. The molecule has 0 saturated carbocycles. The van der Waals surface area contributed by atoms with Crippen LogP contribution < -0.4 is 10.6 Å². The Labute approximate surface area is 109 Å². The second kappa shape index (κ2) is 5.70. The van der Waals surface area contributed by atoms with Gasteiger partial charge in [0.1, 0.15) is 5.82 Å². The summed E-state index contributed by atoms with van der Waals surface area (Å²) in [4.78, 5) is 2.29. The van der Waals surface area contributed by atoms with Crippen molar-refractivity contribution >= 4 is 5.69 Å². The summed E-state index contributed by atoms with van der Waals surface area (Å²) in [6.07, 6.45) is 2.16. The van der Waals surface area contributed by atoms with Gasteiger partial charge in [-0.3, -0.25) is 0 Å². The summed E-state index contributed by atoms with van der Waals surface area (Å²) >= 11 is 0. The topological polar surface area (TPSA) is 29.3 Å². The van der Waals surface area contributed by atoms with Gasteiger partial charge in [-0.1, -0.05) is 19.9 Å². The van der Waals surface area contributed by atoms with E-state index in [1.807, 2.05) is 6.07 Å². The molecule has 0 amide bonds. The number of rotatable bonds is 5. The third-order valence-electron chi connectivity index (χ3n) is 3.66. The Balaban J connectivity index is 2.06. The van der Waals surface area contributed by atoms with E-state index in [-0.39, 0.29) is 5.82 Å². The normalized spacial score (nSPS) is 16.2. The van der Waals surface area contributed by atoms with Crippen LogP contribution in [-0.2, 0) is 6.42 Å². The molecule has 0 fully saturated rings. The van der Waals surface area contributed by atoms with E-state index in [0.717, 1.165) is 31.6 Å². The van der Waals surface area contributed by atoms with E-state index in [2.05, 4.69) is 18.7 Å². The molecule has 18 heavy (non-hydrogen) atoms. The third-order valence-corrected chi connectivity index (χ3v) is 3.66. The maximum atomic E-state index is 13.3. The highest BCUT2D eigenvalue weighted by atomic mass is 19.1. The number of halogens is 1. The lowest BCUT2D eigenvalue weighted by molar-refractivity contribution is 0.416. The zero-order valence-corrected chi connectivity index (χ0v) is 11.3. The standard InChI is InChI=1S/C15H23FN2/c1-11(2)7-12(9-17)10-18-6-5-13-3-4-14(16)8-15(13)18/h3-4,8,11-12H,5-7,9-10,17H2,1-2H3. The van der Waals surface area contributed by atoms with Crippen molar-refractivity contribution in [2.45, 2.75) is 26.7 Å². The van der Waals surface area contributed by atoms with Crippen molar-refractivity contribution in [3.8, 4) is 0 Å². The van der Waals surface area contributed by atoms with Gasteiger partial charge < -0.3 is 10.6 Å². The highest BCUT2D eigenvalue weighted by molar-refractivity contribution is 5.58. The fourth-order valence-corrected chi connectivity index (χ4v) is 2.83. The quantitative estimate of drug-likeness (QED) is 0.870. The lowest BCUT2D eigenvalue weighted by Gasteiger charge is -2.26. The molecule has 2 nitrogen and oxygen atoms in total. The number of hydrogen-bond donors (Lipinski definition) is 1. The molecule has 1 unspecified atom stereocenters. The van der Waals surface area contributed by atoms with Gasteiger partial charge >= 0.3 is 0 Å². The van der Waals surface area contributed by atoms with Crippen LogP contribution in [0.5, 0.6) is 0 Å². The predicted octanol–water partition coefficient (Wildman–Crippen LogP) is 2.81. The molecule has 2 N–H and O–H groups in total. The molecule has 1 aliphatic rings. The lowest BCUT2D eigenvalue weighted by Crippen LogP contribution is -2.32. The summed E-state index contributed by atoms with van der Waals surface area (Å²) in [5.41, 5.74) is 8.18. The SMILES string of the molecule is CC(C)CC(CN)CN1CCc2ccc(F)cc21. The van der Waals surface area contributed by atoms with Gasteiger partial charge in [-0.05, 0) is 48.9 Å². The predicted molar refractivity (Wildman–Crippen MR) is 74.3 cm³/mol. The summed E-state index contributed by atoms with van der Waals surface area (Å²) in [5.74, 6) is 1.01. The highest BCUT2D eigenvalue weighted by Gasteiger charge is 2.22. The maximum Gasteiger partial charge on any atom is 0.125 e. The summed E-state index contributed by atoms with van der Waals surface area (Å²) < 4.78 is 13.3. The molecule has 0 saturated heterocycles. The van der Waals surface area contributed by atoms with E-state index in [0.29, 0.717) is 18.4 Å². The first-order valence-electron chi connectivity index (χ1n) is 6.83. The van der Waals surface area contributed by atoms with Crippen molar-refractivity contribution in [3.63, 3.8) is 0 Å². The average molecular weight is 250 g/mol. The molecule has 0 bridgehead atoms. The van der Waals surface area contributed by atoms with Crippen molar-refractivity contribution in [3.05, 3.63) is 29.6 Å². The van der Waals surface area contributed by atoms with Crippen LogP contribution >= 0.6 is 0 Å². The molecular formula is C15H23FN2. The highest BCUT2D eigenvalue weighted by Crippen LogP contribution is 2.29. The van der Waals surface area contributed by atoms with Crippen molar-refractivity contribution in [1.29, 1.82) is 0 Å². The number of fused-ring (bicyclic) bond motifs is 1. The van der Waals surface area contributed by atoms with E-state index in [9.17, 15) is 4.39 Å². The maximum absolute atomic E-state index is 13.3. The Hall–Kier alpha value is -1.09. The Bertz CT molecular complexity index is 403. The van der Waals surface area contributed by atoms with Crippen LogP contribution in [0, 0.1) is 17.7 Å². The van der Waals surface area contributed by atoms with Gasteiger partial charge in [0, 0.05) is 18.8 Å². The summed E-state index contributed by atoms with van der Waals surface area (Å²) in [7, 11) is 0. The van der Waals surface area contributed by atoms with Gasteiger partial charge in [0.05, 0.1) is 0 Å². The third kappa shape index (κ3) is 3.02. The van der Waals surface area contributed by atoms with Gasteiger partial charge in [-0.2, -0.15) is 0 Å². The zero-order chi connectivity index (χ0) is 13.1. The lowest BCUT2D eigenvalue weighted by atomic mass is 9.96. The summed E-state index contributed by atoms with van der Waals surface area (Å²) in [6.45, 7) is 7.10. The van der Waals surface area contributed by atoms with E-state index in [1.54, 1.807) is 12.1 Å². The molecule has 1 atom stereocenters. The van der Waals surface area contributed by atoms with Crippen molar-refractivity contribution in [2.24, 2.45) is 17.6 Å². The van der Waals surface area contributed by atoms with Gasteiger partial charge in [0.2, 0.25) is 0 Å². The fourth-order valence-electron chi connectivity index (χ4n) is 2.83. The molecule has 0 spiro atoms. The largest absolute Gasteiger partial charge is 0.371 e. The van der Waals surface area contributed by atoms with Gasteiger partial charge in [0.25, 0.3) is 0 Å². The average Bonchev–Trinajstić information content (AvgIpc) is 2.70. The molecule has 0 aromatic heterocycles. The van der Waals surface area contributed by atoms with Crippen molar-refractivity contribution < 1.29 is 4.39 Å². The second-order valence-electron chi connectivity index (χ2n) is 5.70. The Morgan fingerprint density at radius 2 is 2.17 bits per heavy atom. The van der Waals surface area contributed by atoms with Crippen LogP contribution in [-0.4, -0.2) is 19.6 Å². The van der Waals surface area contributed by atoms with Crippen molar-refractivity contribution in [1.82, 2.24) is 0 Å². The molecule has 1 aromatic rings. The minimum absolute atomic E-state index is 0.145. The Kier molecular flexibility index (Phi) is 4.23. The molecule has 1 heterocycles. The van der Waals surface area contributed by atoms with Gasteiger partial charge in [0.15, 0.2) is 0 Å². The minimum Gasteiger partial charge on any atom is -0.371 e. The van der Waals surface area contributed by atoms with E-state index < -0.39 is 0 Å². The fraction of sp³-hybridized carbons (Fsp3) is 0.600. The van der Waals surface area contributed by atoms with Crippen molar-refractivity contribution in [2.75, 3.05) is 24.5 Å². The molecule has 3 heteroatoms. The van der Waals surface area contributed by atoms with E-state index >= 15 is 0 Å². The molecule has 1 aliphatic heterocycles. The van der Waals surface area contributed by atoms with Gasteiger partial charge in [-0.15, -0.1) is 0 Å². The monoisotopic (exact) mass is 250 g/mol. The first kappa shape index (κ1) is 13.3. The molecule has 1 aromatic carbocycles. The van der Waals surface area contributed by atoms with E-state index in [4.69, 9.17) is 5.73 Å². The number of nitrogens with two attached hydrogens (primary N) is 1. The molecule has 0 aliphatic carbocycles. The summed E-state index contributed by atoms with van der Waals surface area (Å²) in [6, 6.07) is 5.12. The van der Waals surface area contributed by atoms with E-state index in [1.165, 1.54) is 5.56 Å². The summed E-state index contributed by atoms with van der Waals surface area (Å²) in [5, 5.41) is 0. The first-order valence-corrected chi connectivity index (χ1v) is 6.83. The molecular weight excluding hydrogens is 227 g/mol. The second-order valence-corrected chi connectivity index (χ2v) is 5.70. The molecule has 2 rings (SSSR count). The minimum atomic E-state index is -0.145. The van der Waals surface area contributed by atoms with Crippen LogP contribution in [0.4, 0.5) is 10.1 Å².